The molecule has 2 aliphatic heterocycles. The third-order valence-electron chi connectivity index (χ3n) is 5.29. The molecule has 1 aromatic carbocycles. The second-order valence-electron chi connectivity index (χ2n) is 7.22. The van der Waals surface area contributed by atoms with Crippen LogP contribution in [0.1, 0.15) is 22.3 Å². The van der Waals surface area contributed by atoms with E-state index in [0.29, 0.717) is 5.56 Å². The fraction of sp³-hybridized carbons (Fsp3) is 0.400. The van der Waals surface area contributed by atoms with Gasteiger partial charge >= 0.3 is 0 Å². The number of amides is 1. The summed E-state index contributed by atoms with van der Waals surface area (Å²) in [6.45, 7) is 4.76. The van der Waals surface area contributed by atoms with Crippen LogP contribution in [0.4, 0.5) is 0 Å². The van der Waals surface area contributed by atoms with Crippen molar-refractivity contribution in [2.24, 2.45) is 5.41 Å². The molecule has 0 atom stereocenters. The van der Waals surface area contributed by atoms with Crippen LogP contribution in [0.3, 0.4) is 0 Å². The van der Waals surface area contributed by atoms with Crippen molar-refractivity contribution >= 4 is 5.91 Å². The van der Waals surface area contributed by atoms with E-state index in [9.17, 15) is 4.79 Å². The molecule has 3 heterocycles. The molecular weight excluding hydrogens is 314 g/mol. The summed E-state index contributed by atoms with van der Waals surface area (Å²) in [5.41, 5.74) is 2.24. The molecule has 2 saturated heterocycles. The molecule has 1 spiro atoms. The summed E-state index contributed by atoms with van der Waals surface area (Å²) in [5, 5.41) is 0. The lowest BCUT2D eigenvalue weighted by atomic mass is 9.79. The molecule has 0 aliphatic carbocycles. The molecule has 0 radical (unpaired) electrons. The molecule has 0 saturated carbocycles. The highest BCUT2D eigenvalue weighted by atomic mass is 16.5. The predicted octanol–water partition coefficient (Wildman–Crippen LogP) is 2.44. The molecule has 4 rings (SSSR count). The van der Waals surface area contributed by atoms with Crippen molar-refractivity contribution in [3.8, 4) is 5.75 Å². The van der Waals surface area contributed by atoms with Gasteiger partial charge in [-0.2, -0.15) is 0 Å². The number of hydrogen-bond acceptors (Lipinski definition) is 4. The Balaban J connectivity index is 1.33. The van der Waals surface area contributed by atoms with E-state index in [-0.39, 0.29) is 11.3 Å². The first-order valence-corrected chi connectivity index (χ1v) is 8.72. The van der Waals surface area contributed by atoms with Crippen LogP contribution in [0.15, 0.2) is 48.8 Å². The molecule has 5 nitrogen and oxygen atoms in total. The number of aromatic nitrogens is 1. The van der Waals surface area contributed by atoms with Gasteiger partial charge in [-0.3, -0.25) is 14.7 Å². The van der Waals surface area contributed by atoms with E-state index < -0.39 is 0 Å². The fourth-order valence-corrected chi connectivity index (χ4v) is 4.08. The molecule has 25 heavy (non-hydrogen) atoms. The van der Waals surface area contributed by atoms with Gasteiger partial charge in [0, 0.05) is 50.5 Å². The Hall–Kier alpha value is -2.40. The largest absolute Gasteiger partial charge is 0.497 e. The maximum atomic E-state index is 12.6. The van der Waals surface area contributed by atoms with E-state index in [1.54, 1.807) is 19.5 Å². The van der Waals surface area contributed by atoms with Gasteiger partial charge in [0.25, 0.3) is 5.91 Å². The Labute approximate surface area is 148 Å². The van der Waals surface area contributed by atoms with Crippen LogP contribution < -0.4 is 4.74 Å². The van der Waals surface area contributed by atoms with Crippen LogP contribution in [-0.4, -0.2) is 54.0 Å². The van der Waals surface area contributed by atoms with Crippen LogP contribution in [0.25, 0.3) is 0 Å². The van der Waals surface area contributed by atoms with E-state index in [0.717, 1.165) is 44.9 Å². The third kappa shape index (κ3) is 3.24. The van der Waals surface area contributed by atoms with Crippen molar-refractivity contribution < 1.29 is 9.53 Å². The summed E-state index contributed by atoms with van der Waals surface area (Å²) >= 11 is 0. The Morgan fingerprint density at radius 3 is 2.88 bits per heavy atom. The zero-order valence-electron chi connectivity index (χ0n) is 14.5. The average molecular weight is 337 g/mol. The topological polar surface area (TPSA) is 45.7 Å². The first-order chi connectivity index (χ1) is 12.2. The standard InChI is InChI=1S/C20H23N3O2/c1-25-18-6-2-4-16(10-18)12-22-13-20(14-22)7-9-23(15-20)19(24)17-5-3-8-21-11-17/h2-6,8,10-11H,7,9,12-15H2,1H3. The summed E-state index contributed by atoms with van der Waals surface area (Å²) in [4.78, 5) is 21.1. The summed E-state index contributed by atoms with van der Waals surface area (Å²) in [6.07, 6.45) is 4.45. The summed E-state index contributed by atoms with van der Waals surface area (Å²) in [7, 11) is 1.70. The molecule has 2 aromatic rings. The van der Waals surface area contributed by atoms with Gasteiger partial charge < -0.3 is 9.64 Å². The highest BCUT2D eigenvalue weighted by Crippen LogP contribution is 2.40. The Bertz CT molecular complexity index is 757. The predicted molar refractivity (Wildman–Crippen MR) is 95.5 cm³/mol. The lowest BCUT2D eigenvalue weighted by molar-refractivity contribution is 0.00257. The Morgan fingerprint density at radius 1 is 1.24 bits per heavy atom. The van der Waals surface area contributed by atoms with Crippen LogP contribution in [0.2, 0.25) is 0 Å². The number of nitrogens with zero attached hydrogens (tertiary/aromatic N) is 3. The number of pyridine rings is 1. The molecule has 0 bridgehead atoms. The molecule has 130 valence electrons. The van der Waals surface area contributed by atoms with Gasteiger partial charge in [0.15, 0.2) is 0 Å². The van der Waals surface area contributed by atoms with Gasteiger partial charge in [-0.05, 0) is 36.2 Å². The number of methoxy groups -OCH3 is 1. The van der Waals surface area contributed by atoms with Crippen molar-refractivity contribution in [3.63, 3.8) is 0 Å². The van der Waals surface area contributed by atoms with Gasteiger partial charge in [-0.25, -0.2) is 0 Å². The van der Waals surface area contributed by atoms with Gasteiger partial charge in [0.2, 0.25) is 0 Å². The van der Waals surface area contributed by atoms with Crippen molar-refractivity contribution in [1.82, 2.24) is 14.8 Å². The van der Waals surface area contributed by atoms with Crippen molar-refractivity contribution in [2.45, 2.75) is 13.0 Å². The SMILES string of the molecule is COc1cccc(CN2CC3(CCN(C(=O)c4cccnc4)C3)C2)c1. The number of ether oxygens (including phenoxy) is 1. The number of carbonyl (C=O) groups is 1. The Kier molecular flexibility index (Phi) is 4.17. The number of rotatable bonds is 4. The zero-order valence-corrected chi connectivity index (χ0v) is 14.5. The van der Waals surface area contributed by atoms with Gasteiger partial charge in [-0.1, -0.05) is 12.1 Å². The second kappa shape index (κ2) is 6.48. The third-order valence-corrected chi connectivity index (χ3v) is 5.29. The minimum Gasteiger partial charge on any atom is -0.497 e. The molecule has 2 aliphatic rings. The molecule has 1 aromatic heterocycles. The highest BCUT2D eigenvalue weighted by Gasteiger charge is 2.48. The van der Waals surface area contributed by atoms with Gasteiger partial charge in [-0.15, -0.1) is 0 Å². The minimum absolute atomic E-state index is 0.108. The van der Waals surface area contributed by atoms with E-state index in [2.05, 4.69) is 22.0 Å². The molecular formula is C20H23N3O2. The molecule has 0 N–H and O–H groups in total. The Morgan fingerprint density at radius 2 is 2.12 bits per heavy atom. The zero-order chi connectivity index (χ0) is 17.3. The average Bonchev–Trinajstić information content (AvgIpc) is 3.07. The summed E-state index contributed by atoms with van der Waals surface area (Å²) < 4.78 is 5.30. The molecule has 0 unspecified atom stereocenters. The normalized spacial score (nSPS) is 19.0. The van der Waals surface area contributed by atoms with Gasteiger partial charge in [0.1, 0.15) is 5.75 Å². The highest BCUT2D eigenvalue weighted by molar-refractivity contribution is 5.94. The van der Waals surface area contributed by atoms with Crippen LogP contribution in [0.5, 0.6) is 5.75 Å². The fourth-order valence-electron chi connectivity index (χ4n) is 4.08. The monoisotopic (exact) mass is 337 g/mol. The number of benzene rings is 1. The lowest BCUT2D eigenvalue weighted by Crippen LogP contribution is -2.57. The number of carbonyl (C=O) groups excluding carboxylic acids is 1. The van der Waals surface area contributed by atoms with Crippen LogP contribution in [-0.2, 0) is 6.54 Å². The number of likely N-dealkylation sites (tertiary alicyclic amines) is 2. The summed E-state index contributed by atoms with van der Waals surface area (Å²) in [6, 6.07) is 11.9. The summed E-state index contributed by atoms with van der Waals surface area (Å²) in [5.74, 6) is 1.01. The van der Waals surface area contributed by atoms with Crippen LogP contribution >= 0.6 is 0 Å². The van der Waals surface area contributed by atoms with Crippen molar-refractivity contribution in [1.29, 1.82) is 0 Å². The van der Waals surface area contributed by atoms with Crippen molar-refractivity contribution in [2.75, 3.05) is 33.3 Å². The van der Waals surface area contributed by atoms with Crippen LogP contribution in [0, 0.1) is 5.41 Å². The number of hydrogen-bond donors (Lipinski definition) is 0. The first kappa shape index (κ1) is 16.1. The van der Waals surface area contributed by atoms with E-state index in [4.69, 9.17) is 4.74 Å². The smallest absolute Gasteiger partial charge is 0.255 e. The molecule has 5 heteroatoms. The quantitative estimate of drug-likeness (QED) is 0.860. The van der Waals surface area contributed by atoms with Gasteiger partial charge in [0.05, 0.1) is 12.7 Å². The minimum atomic E-state index is 0.108. The maximum Gasteiger partial charge on any atom is 0.255 e. The van der Waals surface area contributed by atoms with E-state index in [1.807, 2.05) is 29.2 Å². The lowest BCUT2D eigenvalue weighted by Gasteiger charge is -2.48. The molecule has 1 amide bonds. The molecule has 2 fully saturated rings. The van der Waals surface area contributed by atoms with E-state index >= 15 is 0 Å². The second-order valence-corrected chi connectivity index (χ2v) is 7.22. The maximum absolute atomic E-state index is 12.6. The first-order valence-electron chi connectivity index (χ1n) is 8.72. The van der Waals surface area contributed by atoms with Crippen molar-refractivity contribution in [3.05, 3.63) is 59.9 Å². The van der Waals surface area contributed by atoms with E-state index in [1.165, 1.54) is 5.56 Å².